The van der Waals surface area contributed by atoms with E-state index in [0.717, 1.165) is 52.1 Å². The van der Waals surface area contributed by atoms with E-state index in [-0.39, 0.29) is 10.8 Å². The number of morpholine rings is 1. The van der Waals surface area contributed by atoms with Crippen LogP contribution in [0.2, 0.25) is 0 Å². The van der Waals surface area contributed by atoms with E-state index in [4.69, 9.17) is 4.74 Å². The third kappa shape index (κ3) is 5.96. The number of benzene rings is 1. The fraction of sp³-hybridized carbons (Fsp3) is 0.522. The molecule has 1 aromatic carbocycles. The van der Waals surface area contributed by atoms with Gasteiger partial charge in [-0.25, -0.2) is 13.1 Å². The fourth-order valence-electron chi connectivity index (χ4n) is 4.15. The Bertz CT molecular complexity index is 1030. The van der Waals surface area contributed by atoms with Crippen LogP contribution in [0.15, 0.2) is 35.2 Å². The maximum absolute atomic E-state index is 12.7. The maximum atomic E-state index is 12.7. The Kier molecular flexibility index (Phi) is 7.63. The molecule has 0 spiro atoms. The average Bonchev–Trinajstić information content (AvgIpc) is 3.21. The lowest BCUT2D eigenvalue weighted by atomic mass is 9.90. The minimum absolute atomic E-state index is 0.145. The van der Waals surface area contributed by atoms with Crippen molar-refractivity contribution >= 4 is 33.0 Å². The quantitative estimate of drug-likeness (QED) is 0.571. The Labute approximate surface area is 194 Å². The van der Waals surface area contributed by atoms with E-state index in [1.165, 1.54) is 29.0 Å². The van der Waals surface area contributed by atoms with Gasteiger partial charge in [0, 0.05) is 30.2 Å². The van der Waals surface area contributed by atoms with Crippen molar-refractivity contribution in [1.82, 2.24) is 9.62 Å². The number of carbonyl (C=O) groups excluding carboxylic acids is 1. The van der Waals surface area contributed by atoms with Crippen LogP contribution in [0.3, 0.4) is 0 Å². The first-order chi connectivity index (χ1) is 15.4. The smallest absolute Gasteiger partial charge is 0.265 e. The second-order valence-corrected chi connectivity index (χ2v) is 11.5. The molecule has 9 heteroatoms. The summed E-state index contributed by atoms with van der Waals surface area (Å²) >= 11 is 1.57. The predicted molar refractivity (Wildman–Crippen MR) is 127 cm³/mol. The summed E-state index contributed by atoms with van der Waals surface area (Å²) in [7, 11) is -3.57. The molecule has 0 saturated carbocycles. The molecule has 2 heterocycles. The number of sulfonamides is 1. The molecule has 4 rings (SSSR count). The van der Waals surface area contributed by atoms with Gasteiger partial charge in [-0.15, -0.1) is 11.3 Å². The lowest BCUT2D eigenvalue weighted by molar-refractivity contribution is 0.0376. The number of ether oxygens (including phenoxy) is 1. The number of fused-ring (bicyclic) bond motifs is 1. The van der Waals surface area contributed by atoms with Crippen LogP contribution in [-0.4, -0.2) is 58.6 Å². The Balaban J connectivity index is 1.28. The van der Waals surface area contributed by atoms with Crippen LogP contribution in [0, 0.1) is 5.92 Å². The van der Waals surface area contributed by atoms with E-state index < -0.39 is 10.0 Å². The summed E-state index contributed by atoms with van der Waals surface area (Å²) in [6.07, 6.45) is 3.99. The Morgan fingerprint density at radius 2 is 1.97 bits per heavy atom. The van der Waals surface area contributed by atoms with Crippen LogP contribution in [0.5, 0.6) is 0 Å². The van der Waals surface area contributed by atoms with E-state index in [9.17, 15) is 13.2 Å². The number of hydrogen-bond acceptors (Lipinski definition) is 6. The highest BCUT2D eigenvalue weighted by atomic mass is 32.2. The second kappa shape index (κ2) is 10.4. The van der Waals surface area contributed by atoms with E-state index >= 15 is 0 Å². The zero-order valence-electron chi connectivity index (χ0n) is 18.4. The van der Waals surface area contributed by atoms with Crippen molar-refractivity contribution in [1.29, 1.82) is 0 Å². The SMILES string of the molecule is C[C@H]1CCc2sc(C(=O)Nc3ccc(S(=O)(=O)NCCCN4CCOCC4)cc3)cc2C1. The highest BCUT2D eigenvalue weighted by Gasteiger charge is 2.21. The van der Waals surface area contributed by atoms with Gasteiger partial charge in [-0.05, 0) is 74.0 Å². The molecule has 0 bridgehead atoms. The number of nitrogens with zero attached hydrogens (tertiary/aromatic N) is 1. The van der Waals surface area contributed by atoms with Gasteiger partial charge in [0.05, 0.1) is 23.0 Å². The number of thiophene rings is 1. The maximum Gasteiger partial charge on any atom is 0.265 e. The predicted octanol–water partition coefficient (Wildman–Crippen LogP) is 3.13. The zero-order valence-corrected chi connectivity index (χ0v) is 20.1. The molecule has 0 unspecified atom stereocenters. The van der Waals surface area contributed by atoms with Gasteiger partial charge in [-0.2, -0.15) is 0 Å². The Morgan fingerprint density at radius 3 is 2.72 bits per heavy atom. The van der Waals surface area contributed by atoms with Gasteiger partial charge in [0.2, 0.25) is 10.0 Å². The van der Waals surface area contributed by atoms with Crippen LogP contribution in [-0.2, 0) is 27.6 Å². The first-order valence-electron chi connectivity index (χ1n) is 11.2. The molecule has 174 valence electrons. The molecule has 1 saturated heterocycles. The molecular weight excluding hydrogens is 446 g/mol. The van der Waals surface area contributed by atoms with Gasteiger partial charge in [-0.3, -0.25) is 9.69 Å². The third-order valence-electron chi connectivity index (χ3n) is 6.02. The van der Waals surface area contributed by atoms with Crippen LogP contribution >= 0.6 is 11.3 Å². The minimum atomic E-state index is -3.57. The van der Waals surface area contributed by atoms with E-state index in [2.05, 4.69) is 21.9 Å². The molecule has 2 aliphatic rings. The van der Waals surface area contributed by atoms with E-state index in [1.54, 1.807) is 23.5 Å². The number of nitrogens with one attached hydrogen (secondary N) is 2. The second-order valence-electron chi connectivity index (χ2n) is 8.59. The van der Waals surface area contributed by atoms with E-state index in [1.807, 2.05) is 6.07 Å². The van der Waals surface area contributed by atoms with Crippen molar-refractivity contribution in [3.05, 3.63) is 45.6 Å². The van der Waals surface area contributed by atoms with Gasteiger partial charge in [-0.1, -0.05) is 6.92 Å². The van der Waals surface area contributed by atoms with E-state index in [0.29, 0.717) is 23.0 Å². The Hall–Kier alpha value is -1.78. The molecular formula is C23H31N3O4S2. The molecule has 1 aliphatic carbocycles. The summed E-state index contributed by atoms with van der Waals surface area (Å²) in [4.78, 5) is 17.2. The zero-order chi connectivity index (χ0) is 22.6. The van der Waals surface area contributed by atoms with Gasteiger partial charge < -0.3 is 10.1 Å². The topological polar surface area (TPSA) is 87.7 Å². The summed E-state index contributed by atoms with van der Waals surface area (Å²) in [6.45, 7) is 6.75. The van der Waals surface area contributed by atoms with Gasteiger partial charge in [0.15, 0.2) is 0 Å². The normalized spacial score (nSPS) is 19.5. The number of rotatable bonds is 8. The molecule has 2 aromatic rings. The highest BCUT2D eigenvalue weighted by Crippen LogP contribution is 2.32. The molecule has 1 aliphatic heterocycles. The Morgan fingerprint density at radius 1 is 1.22 bits per heavy atom. The summed E-state index contributed by atoms with van der Waals surface area (Å²) in [5.41, 5.74) is 1.88. The lowest BCUT2D eigenvalue weighted by Gasteiger charge is -2.26. The van der Waals surface area contributed by atoms with Gasteiger partial charge in [0.25, 0.3) is 5.91 Å². The average molecular weight is 478 g/mol. The molecule has 1 amide bonds. The van der Waals surface area contributed by atoms with Crippen molar-refractivity contribution in [2.45, 2.75) is 37.5 Å². The van der Waals surface area contributed by atoms with Crippen LogP contribution in [0.1, 0.15) is 39.9 Å². The summed E-state index contributed by atoms with van der Waals surface area (Å²) in [6, 6.07) is 8.33. The molecule has 1 aromatic heterocycles. The van der Waals surface area contributed by atoms with Crippen molar-refractivity contribution in [2.75, 3.05) is 44.7 Å². The number of carbonyl (C=O) groups is 1. The largest absolute Gasteiger partial charge is 0.379 e. The summed E-state index contributed by atoms with van der Waals surface area (Å²) < 4.78 is 33.1. The minimum Gasteiger partial charge on any atom is -0.379 e. The molecule has 32 heavy (non-hydrogen) atoms. The number of aryl methyl sites for hydroxylation is 1. The first kappa shape index (κ1) is 23.4. The molecule has 1 atom stereocenters. The van der Waals surface area contributed by atoms with Gasteiger partial charge in [0.1, 0.15) is 0 Å². The summed E-state index contributed by atoms with van der Waals surface area (Å²) in [5, 5.41) is 2.89. The molecule has 2 N–H and O–H groups in total. The van der Waals surface area contributed by atoms with Crippen LogP contribution in [0.4, 0.5) is 5.69 Å². The van der Waals surface area contributed by atoms with Crippen LogP contribution < -0.4 is 10.0 Å². The van der Waals surface area contributed by atoms with Crippen LogP contribution in [0.25, 0.3) is 0 Å². The highest BCUT2D eigenvalue weighted by molar-refractivity contribution is 7.89. The molecule has 1 fully saturated rings. The standard InChI is InChI=1S/C23H31N3O4S2/c1-17-3-8-21-18(15-17)16-22(31-21)23(27)25-19-4-6-20(7-5-19)32(28,29)24-9-2-10-26-11-13-30-14-12-26/h4-7,16-17,24H,2-3,8-15H2,1H3,(H,25,27)/t17-/m0/s1. The van der Waals surface area contributed by atoms with Crippen molar-refractivity contribution in [3.63, 3.8) is 0 Å². The monoisotopic (exact) mass is 477 g/mol. The molecule has 7 nitrogen and oxygen atoms in total. The van der Waals surface area contributed by atoms with Crippen molar-refractivity contribution < 1.29 is 17.9 Å². The number of anilines is 1. The number of amides is 1. The summed E-state index contributed by atoms with van der Waals surface area (Å²) in [5.74, 6) is 0.518. The molecule has 0 radical (unpaired) electrons. The number of hydrogen-bond donors (Lipinski definition) is 2. The van der Waals surface area contributed by atoms with Crippen molar-refractivity contribution in [2.24, 2.45) is 5.92 Å². The first-order valence-corrected chi connectivity index (χ1v) is 13.5. The third-order valence-corrected chi connectivity index (χ3v) is 8.74. The van der Waals surface area contributed by atoms with Gasteiger partial charge >= 0.3 is 0 Å². The fourth-order valence-corrected chi connectivity index (χ4v) is 6.32. The lowest BCUT2D eigenvalue weighted by Crippen LogP contribution is -2.38. The van der Waals surface area contributed by atoms with Crippen molar-refractivity contribution in [3.8, 4) is 0 Å².